The van der Waals surface area contributed by atoms with Crippen molar-refractivity contribution < 1.29 is 13.3 Å². The molecular weight excluding hydrogens is 240 g/mol. The van der Waals surface area contributed by atoms with E-state index in [0.29, 0.717) is 18.2 Å². The third-order valence-corrected chi connectivity index (χ3v) is 2.92. The lowest BCUT2D eigenvalue weighted by Gasteiger charge is -2.25. The molecule has 0 bridgehead atoms. The van der Waals surface area contributed by atoms with Crippen LogP contribution in [0.5, 0.6) is 0 Å². The van der Waals surface area contributed by atoms with Gasteiger partial charge in [0.2, 0.25) is 11.7 Å². The molecule has 1 aromatic heterocycles. The van der Waals surface area contributed by atoms with Crippen LogP contribution in [0.25, 0.3) is 11.4 Å². The summed E-state index contributed by atoms with van der Waals surface area (Å²) in [4.78, 5) is 4.15. The minimum Gasteiger partial charge on any atom is -0.339 e. The molecular formula is C12H11F2N3O. The maximum absolute atomic E-state index is 13.1. The Hall–Kier alpha value is -1.82. The summed E-state index contributed by atoms with van der Waals surface area (Å²) >= 11 is 0. The minimum absolute atomic E-state index is 0.218. The first-order valence-electron chi connectivity index (χ1n) is 5.70. The maximum Gasteiger partial charge on any atom is 0.227 e. The zero-order valence-electron chi connectivity index (χ0n) is 9.49. The van der Waals surface area contributed by atoms with E-state index >= 15 is 0 Å². The third-order valence-electron chi connectivity index (χ3n) is 2.92. The molecule has 0 atom stereocenters. The van der Waals surface area contributed by atoms with E-state index in [0.717, 1.165) is 19.2 Å². The molecule has 2 aromatic rings. The van der Waals surface area contributed by atoms with Crippen LogP contribution in [0.1, 0.15) is 5.89 Å². The van der Waals surface area contributed by atoms with E-state index in [1.54, 1.807) is 0 Å². The molecule has 18 heavy (non-hydrogen) atoms. The van der Waals surface area contributed by atoms with Gasteiger partial charge in [-0.3, -0.25) is 0 Å². The molecule has 0 radical (unpaired) electrons. The van der Waals surface area contributed by atoms with Gasteiger partial charge in [0.05, 0.1) is 0 Å². The van der Waals surface area contributed by atoms with Gasteiger partial charge in [0, 0.05) is 18.1 Å². The highest BCUT2D eigenvalue weighted by atomic mass is 19.1. The number of halogens is 2. The smallest absolute Gasteiger partial charge is 0.227 e. The molecule has 1 aliphatic heterocycles. The molecule has 0 spiro atoms. The fourth-order valence-electron chi connectivity index (χ4n) is 1.88. The molecule has 94 valence electrons. The van der Waals surface area contributed by atoms with Crippen molar-refractivity contribution in [2.45, 2.75) is 6.42 Å². The van der Waals surface area contributed by atoms with E-state index in [1.165, 1.54) is 12.1 Å². The molecule has 3 rings (SSSR count). The quantitative estimate of drug-likeness (QED) is 0.903. The van der Waals surface area contributed by atoms with Crippen molar-refractivity contribution in [1.29, 1.82) is 0 Å². The molecule has 2 heterocycles. The fourth-order valence-corrected chi connectivity index (χ4v) is 1.88. The molecule has 0 saturated carbocycles. The maximum atomic E-state index is 13.1. The summed E-state index contributed by atoms with van der Waals surface area (Å²) in [7, 11) is 0. The van der Waals surface area contributed by atoms with Gasteiger partial charge in [0.15, 0.2) is 0 Å². The Morgan fingerprint density at radius 1 is 1.22 bits per heavy atom. The van der Waals surface area contributed by atoms with Gasteiger partial charge < -0.3 is 9.84 Å². The van der Waals surface area contributed by atoms with E-state index in [-0.39, 0.29) is 11.4 Å². The van der Waals surface area contributed by atoms with Crippen molar-refractivity contribution in [3.63, 3.8) is 0 Å². The van der Waals surface area contributed by atoms with E-state index in [1.807, 2.05) is 0 Å². The first-order chi connectivity index (χ1) is 8.70. The van der Waals surface area contributed by atoms with Gasteiger partial charge in [-0.25, -0.2) is 8.78 Å². The van der Waals surface area contributed by atoms with E-state index in [2.05, 4.69) is 15.5 Å². The topological polar surface area (TPSA) is 51.0 Å². The van der Waals surface area contributed by atoms with Gasteiger partial charge in [-0.05, 0) is 31.1 Å². The van der Waals surface area contributed by atoms with Crippen LogP contribution in [0.15, 0.2) is 22.7 Å². The second kappa shape index (κ2) is 4.45. The molecule has 1 saturated heterocycles. The van der Waals surface area contributed by atoms with Crippen molar-refractivity contribution in [3.05, 3.63) is 35.7 Å². The van der Waals surface area contributed by atoms with Gasteiger partial charge in [-0.15, -0.1) is 0 Å². The summed E-state index contributed by atoms with van der Waals surface area (Å²) in [6, 6.07) is 3.18. The van der Waals surface area contributed by atoms with Crippen molar-refractivity contribution in [1.82, 2.24) is 15.5 Å². The van der Waals surface area contributed by atoms with Crippen molar-refractivity contribution in [3.8, 4) is 11.4 Å². The molecule has 1 fully saturated rings. The lowest BCUT2D eigenvalue weighted by molar-refractivity contribution is 0.296. The SMILES string of the molecule is Fc1cc(F)cc(-c2noc(CC3CNC3)n2)c1. The number of hydrogen-bond acceptors (Lipinski definition) is 4. The molecule has 1 aromatic carbocycles. The van der Waals surface area contributed by atoms with Crippen LogP contribution in [0.4, 0.5) is 8.78 Å². The van der Waals surface area contributed by atoms with Crippen molar-refractivity contribution in [2.24, 2.45) is 5.92 Å². The van der Waals surface area contributed by atoms with Gasteiger partial charge >= 0.3 is 0 Å². The lowest BCUT2D eigenvalue weighted by atomic mass is 10.00. The second-order valence-electron chi connectivity index (χ2n) is 4.40. The van der Waals surface area contributed by atoms with Crippen LogP contribution < -0.4 is 5.32 Å². The van der Waals surface area contributed by atoms with E-state index in [4.69, 9.17) is 4.52 Å². The summed E-state index contributed by atoms with van der Waals surface area (Å²) in [5.41, 5.74) is 0.286. The molecule has 4 nitrogen and oxygen atoms in total. The third kappa shape index (κ3) is 2.24. The van der Waals surface area contributed by atoms with Crippen molar-refractivity contribution in [2.75, 3.05) is 13.1 Å². The molecule has 1 aliphatic rings. The summed E-state index contributed by atoms with van der Waals surface area (Å²) < 4.78 is 31.2. The molecule has 0 unspecified atom stereocenters. The van der Waals surface area contributed by atoms with Gasteiger partial charge in [-0.2, -0.15) is 4.98 Å². The molecule has 6 heteroatoms. The lowest BCUT2D eigenvalue weighted by Crippen LogP contribution is -2.43. The average Bonchev–Trinajstić information content (AvgIpc) is 2.70. The Balaban J connectivity index is 1.82. The van der Waals surface area contributed by atoms with Crippen LogP contribution in [-0.4, -0.2) is 23.2 Å². The highest BCUT2D eigenvalue weighted by molar-refractivity contribution is 5.54. The number of nitrogens with zero attached hydrogens (tertiary/aromatic N) is 2. The predicted octanol–water partition coefficient (Wildman–Crippen LogP) is 1.78. The Bertz CT molecular complexity index is 546. The normalized spacial score (nSPS) is 15.7. The Labute approximate surface area is 102 Å². The Morgan fingerprint density at radius 2 is 1.94 bits per heavy atom. The minimum atomic E-state index is -0.653. The highest BCUT2D eigenvalue weighted by Gasteiger charge is 2.20. The Morgan fingerprint density at radius 3 is 2.56 bits per heavy atom. The van der Waals surface area contributed by atoms with Gasteiger partial charge in [0.25, 0.3) is 0 Å². The van der Waals surface area contributed by atoms with Gasteiger partial charge in [0.1, 0.15) is 11.6 Å². The zero-order valence-corrected chi connectivity index (χ0v) is 9.49. The number of benzene rings is 1. The molecule has 0 amide bonds. The average molecular weight is 251 g/mol. The number of nitrogens with one attached hydrogen (secondary N) is 1. The number of hydrogen-bond donors (Lipinski definition) is 1. The first-order valence-corrected chi connectivity index (χ1v) is 5.70. The van der Waals surface area contributed by atoms with Crippen LogP contribution in [0.3, 0.4) is 0 Å². The fraction of sp³-hybridized carbons (Fsp3) is 0.333. The summed E-state index contributed by atoms with van der Waals surface area (Å²) in [6.07, 6.45) is 0.692. The predicted molar refractivity (Wildman–Crippen MR) is 59.7 cm³/mol. The monoisotopic (exact) mass is 251 g/mol. The van der Waals surface area contributed by atoms with Crippen LogP contribution in [0.2, 0.25) is 0 Å². The first kappa shape index (κ1) is 11.3. The summed E-state index contributed by atoms with van der Waals surface area (Å²) in [6.45, 7) is 1.87. The second-order valence-corrected chi connectivity index (χ2v) is 4.40. The molecule has 1 N–H and O–H groups in total. The zero-order chi connectivity index (χ0) is 12.5. The van der Waals surface area contributed by atoms with E-state index < -0.39 is 11.6 Å². The van der Waals surface area contributed by atoms with Crippen LogP contribution >= 0.6 is 0 Å². The van der Waals surface area contributed by atoms with Crippen LogP contribution in [-0.2, 0) is 6.42 Å². The standard InChI is InChI=1S/C12H11F2N3O/c13-9-2-8(3-10(14)4-9)12-16-11(18-17-12)1-7-5-15-6-7/h2-4,7,15H,1,5-6H2. The summed E-state index contributed by atoms with van der Waals surface area (Å²) in [5, 5.41) is 6.89. The number of aromatic nitrogens is 2. The Kier molecular flexibility index (Phi) is 2.79. The van der Waals surface area contributed by atoms with Crippen molar-refractivity contribution >= 4 is 0 Å². The number of rotatable bonds is 3. The largest absolute Gasteiger partial charge is 0.339 e. The molecule has 0 aliphatic carbocycles. The highest BCUT2D eigenvalue weighted by Crippen LogP contribution is 2.20. The van der Waals surface area contributed by atoms with E-state index in [9.17, 15) is 8.78 Å². The summed E-state index contributed by atoms with van der Waals surface area (Å²) in [5.74, 6) is -0.0847. The van der Waals surface area contributed by atoms with Crippen LogP contribution in [0, 0.1) is 17.6 Å². The van der Waals surface area contributed by atoms with Gasteiger partial charge in [-0.1, -0.05) is 5.16 Å².